The lowest BCUT2D eigenvalue weighted by Gasteiger charge is -2.25. The molecule has 0 spiro atoms. The monoisotopic (exact) mass is 473 g/mol. The highest BCUT2D eigenvalue weighted by molar-refractivity contribution is 6.00. The summed E-state index contributed by atoms with van der Waals surface area (Å²) in [5, 5.41) is 12.1. The first kappa shape index (κ1) is 23.5. The molecule has 0 saturated heterocycles. The summed E-state index contributed by atoms with van der Waals surface area (Å²) < 4.78 is 1.99. The van der Waals surface area contributed by atoms with Gasteiger partial charge < -0.3 is 0 Å². The molecule has 0 aliphatic carbocycles. The lowest BCUT2D eigenvalue weighted by molar-refractivity contribution is 0.297. The predicted molar refractivity (Wildman–Crippen MR) is 148 cm³/mol. The maximum Gasteiger partial charge on any atom is 0.0867 e. The molecule has 180 valence electrons. The van der Waals surface area contributed by atoms with Gasteiger partial charge in [-0.2, -0.15) is 10.2 Å². The summed E-state index contributed by atoms with van der Waals surface area (Å²) >= 11 is 0. The summed E-state index contributed by atoms with van der Waals surface area (Å²) in [6, 6.07) is 31.3. The van der Waals surface area contributed by atoms with E-state index in [1.54, 1.807) is 0 Å². The third-order valence-electron chi connectivity index (χ3n) is 6.59. The van der Waals surface area contributed by atoms with Gasteiger partial charge in [0.25, 0.3) is 0 Å². The lowest BCUT2D eigenvalue weighted by atomic mass is 10.1. The average Bonchev–Trinajstić information content (AvgIpc) is 3.47. The molecule has 0 amide bonds. The summed E-state index contributed by atoms with van der Waals surface area (Å²) in [6.45, 7) is 8.21. The first-order valence-electron chi connectivity index (χ1n) is 12.3. The molecule has 1 atom stereocenters. The molecule has 0 N–H and O–H groups in total. The average molecular weight is 474 g/mol. The maximum absolute atomic E-state index is 5.00. The summed E-state index contributed by atoms with van der Waals surface area (Å²) in [5.41, 5.74) is 9.10. The third kappa shape index (κ3) is 4.78. The van der Waals surface area contributed by atoms with Crippen LogP contribution in [-0.4, -0.2) is 26.1 Å². The van der Waals surface area contributed by atoms with Crippen LogP contribution in [0.2, 0.25) is 0 Å². The van der Waals surface area contributed by atoms with E-state index in [1.165, 1.54) is 5.56 Å². The predicted octanol–water partition coefficient (Wildman–Crippen LogP) is 7.21. The van der Waals surface area contributed by atoms with Crippen molar-refractivity contribution < 1.29 is 0 Å². The first-order chi connectivity index (χ1) is 17.5. The molecule has 5 rings (SSSR count). The second kappa shape index (κ2) is 10.2. The van der Waals surface area contributed by atoms with Crippen LogP contribution in [0.25, 0.3) is 11.3 Å². The number of hydrazone groups is 1. The summed E-state index contributed by atoms with van der Waals surface area (Å²) in [5.74, 6) is 0. The van der Waals surface area contributed by atoms with Gasteiger partial charge in [-0.15, -0.1) is 0 Å². The number of pyridine rings is 1. The molecule has 2 aromatic heterocycles. The summed E-state index contributed by atoms with van der Waals surface area (Å²) in [4.78, 5) is 4.93. The zero-order chi connectivity index (χ0) is 25.1. The Kier molecular flexibility index (Phi) is 6.63. The van der Waals surface area contributed by atoms with E-state index in [4.69, 9.17) is 15.2 Å². The van der Waals surface area contributed by atoms with Crippen LogP contribution in [0.15, 0.2) is 113 Å². The fourth-order valence-electron chi connectivity index (χ4n) is 4.57. The van der Waals surface area contributed by atoms with Crippen LogP contribution in [0.1, 0.15) is 55.9 Å². The molecule has 5 nitrogen and oxygen atoms in total. The van der Waals surface area contributed by atoms with E-state index in [2.05, 4.69) is 79.5 Å². The van der Waals surface area contributed by atoms with Gasteiger partial charge in [0.15, 0.2) is 0 Å². The van der Waals surface area contributed by atoms with Crippen molar-refractivity contribution in [2.24, 2.45) is 10.2 Å². The molecule has 5 heteroatoms. The second-order valence-corrected chi connectivity index (χ2v) is 9.17. The highest BCUT2D eigenvalue weighted by atomic mass is 15.5. The Morgan fingerprint density at radius 2 is 1.39 bits per heavy atom. The van der Waals surface area contributed by atoms with Crippen LogP contribution in [0.5, 0.6) is 0 Å². The van der Waals surface area contributed by atoms with Gasteiger partial charge >= 0.3 is 0 Å². The van der Waals surface area contributed by atoms with Crippen molar-refractivity contribution in [2.45, 2.75) is 40.2 Å². The molecule has 1 aliphatic heterocycles. The number of aromatic nitrogens is 2. The molecule has 1 unspecified atom stereocenters. The Hall–Kier alpha value is -4.25. The number of allylic oxidation sites excluding steroid dienone is 1. The van der Waals surface area contributed by atoms with Gasteiger partial charge in [0.05, 0.1) is 34.5 Å². The van der Waals surface area contributed by atoms with Gasteiger partial charge in [0.1, 0.15) is 0 Å². The first-order valence-corrected chi connectivity index (χ1v) is 12.3. The zero-order valence-electron chi connectivity index (χ0n) is 21.3. The highest BCUT2D eigenvalue weighted by Crippen LogP contribution is 2.34. The van der Waals surface area contributed by atoms with Crippen LogP contribution in [0.4, 0.5) is 0 Å². The van der Waals surface area contributed by atoms with E-state index in [-0.39, 0.29) is 6.04 Å². The standard InChI is InChI=1S/C31H31N5/c1-22-18-20-30(26-12-7-5-8-13-26)35(22)33-24(3)28-16-11-17-29(32-28)25(4)34-36-23(2)19-21-31(36)27-14-9-6-10-15-27/h5-20,31H,21H2,1-4H3/b33-24+,34-25+. The van der Waals surface area contributed by atoms with Gasteiger partial charge in [0.2, 0.25) is 0 Å². The minimum Gasteiger partial charge on any atom is -0.262 e. The molecule has 3 heterocycles. The molecule has 4 aromatic rings. The normalized spacial score (nSPS) is 16.4. The lowest BCUT2D eigenvalue weighted by Crippen LogP contribution is -2.19. The molecule has 0 radical (unpaired) electrons. The Morgan fingerprint density at radius 3 is 2.08 bits per heavy atom. The van der Waals surface area contributed by atoms with E-state index in [1.807, 2.05) is 54.9 Å². The minimum absolute atomic E-state index is 0.209. The molecular weight excluding hydrogens is 442 g/mol. The SMILES string of the molecule is CC1=CCC(c2ccccc2)N1/N=C(\C)c1cccc(/C(C)=N/n2c(C)ccc2-c2ccccc2)n1. The Labute approximate surface area is 213 Å². The van der Waals surface area contributed by atoms with Crippen molar-refractivity contribution >= 4 is 11.4 Å². The molecule has 36 heavy (non-hydrogen) atoms. The molecule has 0 fully saturated rings. The number of benzene rings is 2. The molecule has 0 bridgehead atoms. The number of aryl methyl sites for hydroxylation is 1. The number of hydrogen-bond acceptors (Lipinski definition) is 4. The van der Waals surface area contributed by atoms with Crippen molar-refractivity contribution in [2.75, 3.05) is 0 Å². The smallest absolute Gasteiger partial charge is 0.0867 e. The van der Waals surface area contributed by atoms with E-state index in [0.717, 1.165) is 51.9 Å². The molecular formula is C31H31N5. The summed E-state index contributed by atoms with van der Waals surface area (Å²) in [6.07, 6.45) is 3.20. The Bertz CT molecular complexity index is 1440. The Morgan fingerprint density at radius 1 is 0.750 bits per heavy atom. The third-order valence-corrected chi connectivity index (χ3v) is 6.59. The highest BCUT2D eigenvalue weighted by Gasteiger charge is 2.25. The maximum atomic E-state index is 5.00. The topological polar surface area (TPSA) is 45.8 Å². The van der Waals surface area contributed by atoms with E-state index in [9.17, 15) is 0 Å². The molecule has 0 saturated carbocycles. The summed E-state index contributed by atoms with van der Waals surface area (Å²) in [7, 11) is 0. The van der Waals surface area contributed by atoms with Gasteiger partial charge in [0, 0.05) is 17.0 Å². The van der Waals surface area contributed by atoms with E-state index < -0.39 is 0 Å². The zero-order valence-corrected chi connectivity index (χ0v) is 21.3. The minimum atomic E-state index is 0.209. The molecule has 2 aromatic carbocycles. The quantitative estimate of drug-likeness (QED) is 0.278. The van der Waals surface area contributed by atoms with Gasteiger partial charge in [-0.3, -0.25) is 5.01 Å². The number of nitrogens with zero attached hydrogens (tertiary/aromatic N) is 5. The van der Waals surface area contributed by atoms with Crippen molar-refractivity contribution in [3.8, 4) is 11.3 Å². The van der Waals surface area contributed by atoms with Crippen LogP contribution in [0.3, 0.4) is 0 Å². The second-order valence-electron chi connectivity index (χ2n) is 9.17. The van der Waals surface area contributed by atoms with Gasteiger partial charge in [-0.05, 0) is 63.9 Å². The van der Waals surface area contributed by atoms with Crippen LogP contribution in [-0.2, 0) is 0 Å². The van der Waals surface area contributed by atoms with Gasteiger partial charge in [-0.1, -0.05) is 72.8 Å². The van der Waals surface area contributed by atoms with Crippen LogP contribution < -0.4 is 0 Å². The van der Waals surface area contributed by atoms with Crippen LogP contribution in [0, 0.1) is 6.92 Å². The van der Waals surface area contributed by atoms with E-state index in [0.29, 0.717) is 0 Å². The fourth-order valence-corrected chi connectivity index (χ4v) is 4.57. The van der Waals surface area contributed by atoms with E-state index >= 15 is 0 Å². The fraction of sp³-hybridized carbons (Fsp3) is 0.194. The van der Waals surface area contributed by atoms with Crippen molar-refractivity contribution in [1.82, 2.24) is 14.7 Å². The van der Waals surface area contributed by atoms with Crippen molar-refractivity contribution in [3.63, 3.8) is 0 Å². The Balaban J connectivity index is 1.44. The molecule has 1 aliphatic rings. The van der Waals surface area contributed by atoms with Crippen molar-refractivity contribution in [3.05, 3.63) is 125 Å². The van der Waals surface area contributed by atoms with Crippen molar-refractivity contribution in [1.29, 1.82) is 0 Å². The van der Waals surface area contributed by atoms with Crippen LogP contribution >= 0.6 is 0 Å². The van der Waals surface area contributed by atoms with Gasteiger partial charge in [-0.25, -0.2) is 9.66 Å². The number of hydrogen-bond donors (Lipinski definition) is 0. The largest absolute Gasteiger partial charge is 0.262 e. The number of rotatable bonds is 6.